The second kappa shape index (κ2) is 9.27. The van der Waals surface area contributed by atoms with E-state index in [1.807, 2.05) is 74.7 Å². The van der Waals surface area contributed by atoms with Crippen LogP contribution in [0.15, 0.2) is 59.8 Å². The zero-order chi connectivity index (χ0) is 20.9. The standard InChI is InChI=1S/C23H27N3O2S/c1-5-28-19-13-11-18(12-14-19)26-21(15-17-9-7-6-8-10-17)24-25-22(26)29-16-20(27)23(2,3)4/h6-14H,5,15-16H2,1-4H3. The Hall–Kier alpha value is -2.60. The van der Waals surface area contributed by atoms with Gasteiger partial charge in [-0.05, 0) is 36.8 Å². The largest absolute Gasteiger partial charge is 0.494 e. The van der Waals surface area contributed by atoms with E-state index in [0.717, 1.165) is 28.0 Å². The number of hydrogen-bond donors (Lipinski definition) is 0. The van der Waals surface area contributed by atoms with Gasteiger partial charge in [-0.3, -0.25) is 9.36 Å². The molecule has 152 valence electrons. The van der Waals surface area contributed by atoms with E-state index in [-0.39, 0.29) is 11.2 Å². The number of ether oxygens (including phenoxy) is 1. The third-order valence-corrected chi connectivity index (χ3v) is 5.41. The molecule has 0 radical (unpaired) electrons. The van der Waals surface area contributed by atoms with Gasteiger partial charge in [0.25, 0.3) is 0 Å². The smallest absolute Gasteiger partial charge is 0.196 e. The maximum atomic E-state index is 12.4. The van der Waals surface area contributed by atoms with E-state index in [1.165, 1.54) is 11.8 Å². The molecule has 0 spiro atoms. The first kappa shape index (κ1) is 21.1. The van der Waals surface area contributed by atoms with Crippen LogP contribution in [-0.4, -0.2) is 32.9 Å². The number of carbonyl (C=O) groups excluding carboxylic acids is 1. The molecule has 0 aliphatic carbocycles. The molecule has 0 bridgehead atoms. The van der Waals surface area contributed by atoms with E-state index in [4.69, 9.17) is 4.74 Å². The molecule has 29 heavy (non-hydrogen) atoms. The second-order valence-electron chi connectivity index (χ2n) is 7.79. The van der Waals surface area contributed by atoms with Gasteiger partial charge >= 0.3 is 0 Å². The maximum Gasteiger partial charge on any atom is 0.196 e. The van der Waals surface area contributed by atoms with Crippen molar-refractivity contribution in [3.8, 4) is 11.4 Å². The van der Waals surface area contributed by atoms with Crippen LogP contribution in [0.5, 0.6) is 5.75 Å². The number of hydrogen-bond acceptors (Lipinski definition) is 5. The molecule has 0 saturated carbocycles. The zero-order valence-corrected chi connectivity index (χ0v) is 18.2. The van der Waals surface area contributed by atoms with Crippen LogP contribution in [0, 0.1) is 5.41 Å². The van der Waals surface area contributed by atoms with Crippen molar-refractivity contribution in [2.24, 2.45) is 5.41 Å². The highest BCUT2D eigenvalue weighted by Crippen LogP contribution is 2.27. The lowest BCUT2D eigenvalue weighted by Crippen LogP contribution is -2.22. The highest BCUT2D eigenvalue weighted by atomic mass is 32.2. The summed E-state index contributed by atoms with van der Waals surface area (Å²) in [6.07, 6.45) is 0.662. The van der Waals surface area contributed by atoms with E-state index in [9.17, 15) is 4.79 Å². The van der Waals surface area contributed by atoms with E-state index in [1.54, 1.807) is 0 Å². The Labute approximate surface area is 176 Å². The third kappa shape index (κ3) is 5.48. The summed E-state index contributed by atoms with van der Waals surface area (Å²) in [6, 6.07) is 18.1. The van der Waals surface area contributed by atoms with Gasteiger partial charge in [-0.2, -0.15) is 0 Å². The predicted octanol–water partition coefficient (Wildman–Crippen LogP) is 4.96. The quantitative estimate of drug-likeness (QED) is 0.492. The lowest BCUT2D eigenvalue weighted by atomic mass is 9.92. The van der Waals surface area contributed by atoms with E-state index < -0.39 is 0 Å². The molecule has 5 nitrogen and oxygen atoms in total. The molecule has 6 heteroatoms. The van der Waals surface area contributed by atoms with Crippen LogP contribution in [0.1, 0.15) is 39.1 Å². The summed E-state index contributed by atoms with van der Waals surface area (Å²) in [5.74, 6) is 2.22. The van der Waals surface area contributed by atoms with Crippen molar-refractivity contribution in [1.29, 1.82) is 0 Å². The van der Waals surface area contributed by atoms with Gasteiger partial charge in [0.2, 0.25) is 0 Å². The minimum absolute atomic E-state index is 0.188. The molecule has 0 N–H and O–H groups in total. The van der Waals surface area contributed by atoms with Crippen molar-refractivity contribution in [3.63, 3.8) is 0 Å². The first-order chi connectivity index (χ1) is 13.9. The molecule has 0 unspecified atom stereocenters. The van der Waals surface area contributed by atoms with Crippen LogP contribution in [-0.2, 0) is 11.2 Å². The SMILES string of the molecule is CCOc1ccc(-n2c(Cc3ccccc3)nnc2SCC(=O)C(C)(C)C)cc1. The summed E-state index contributed by atoms with van der Waals surface area (Å²) in [5, 5.41) is 9.55. The topological polar surface area (TPSA) is 57.0 Å². The average molecular weight is 410 g/mol. The van der Waals surface area contributed by atoms with Gasteiger partial charge in [0.15, 0.2) is 5.16 Å². The number of benzene rings is 2. The lowest BCUT2D eigenvalue weighted by molar-refractivity contribution is -0.123. The summed E-state index contributed by atoms with van der Waals surface area (Å²) in [6.45, 7) is 8.41. The molecule has 0 amide bonds. The Kier molecular flexibility index (Phi) is 6.75. The van der Waals surface area contributed by atoms with Crippen LogP contribution in [0.25, 0.3) is 5.69 Å². The molecule has 3 aromatic rings. The molecule has 1 aromatic heterocycles. The Morgan fingerprint density at radius 2 is 1.72 bits per heavy atom. The van der Waals surface area contributed by atoms with Gasteiger partial charge in [0.1, 0.15) is 17.4 Å². The normalized spacial score (nSPS) is 11.4. The number of Topliss-reactive ketones (excluding diaryl/α,β-unsaturated/α-hetero) is 1. The summed E-state index contributed by atoms with van der Waals surface area (Å²) in [4.78, 5) is 12.4. The number of thioether (sulfide) groups is 1. The van der Waals surface area contributed by atoms with Gasteiger partial charge in [-0.1, -0.05) is 62.9 Å². The summed E-state index contributed by atoms with van der Waals surface area (Å²) in [7, 11) is 0. The van der Waals surface area contributed by atoms with Gasteiger partial charge in [-0.25, -0.2) is 0 Å². The maximum absolute atomic E-state index is 12.4. The van der Waals surface area contributed by atoms with Crippen LogP contribution < -0.4 is 4.74 Å². The van der Waals surface area contributed by atoms with Crippen LogP contribution in [0.2, 0.25) is 0 Å². The fourth-order valence-corrected chi connectivity index (χ4v) is 3.88. The highest BCUT2D eigenvalue weighted by molar-refractivity contribution is 7.99. The van der Waals surface area contributed by atoms with Crippen molar-refractivity contribution in [2.45, 2.75) is 39.3 Å². The van der Waals surface area contributed by atoms with Crippen molar-refractivity contribution in [2.75, 3.05) is 12.4 Å². The molecule has 0 fully saturated rings. The summed E-state index contributed by atoms with van der Waals surface area (Å²) >= 11 is 1.43. The Morgan fingerprint density at radius 1 is 1.03 bits per heavy atom. The third-order valence-electron chi connectivity index (χ3n) is 4.48. The van der Waals surface area contributed by atoms with Crippen molar-refractivity contribution < 1.29 is 9.53 Å². The first-order valence-electron chi connectivity index (χ1n) is 9.76. The molecule has 1 heterocycles. The molecule has 2 aromatic carbocycles. The van der Waals surface area contributed by atoms with Crippen molar-refractivity contribution >= 4 is 17.5 Å². The number of aromatic nitrogens is 3. The van der Waals surface area contributed by atoms with Gasteiger partial charge < -0.3 is 4.74 Å². The molecule has 0 aliphatic heterocycles. The van der Waals surface area contributed by atoms with Crippen LogP contribution in [0.3, 0.4) is 0 Å². The van der Waals surface area contributed by atoms with Crippen molar-refractivity contribution in [3.05, 3.63) is 66.0 Å². The predicted molar refractivity (Wildman–Crippen MR) is 117 cm³/mol. The van der Waals surface area contributed by atoms with Gasteiger partial charge in [0.05, 0.1) is 12.4 Å². The molecule has 0 aliphatic rings. The number of nitrogens with zero attached hydrogens (tertiary/aromatic N) is 3. The average Bonchev–Trinajstić information content (AvgIpc) is 3.09. The number of rotatable bonds is 8. The minimum Gasteiger partial charge on any atom is -0.494 e. The Bertz CT molecular complexity index is 945. The Morgan fingerprint density at radius 3 is 2.34 bits per heavy atom. The fourth-order valence-electron chi connectivity index (χ4n) is 2.75. The van der Waals surface area contributed by atoms with Crippen LogP contribution >= 0.6 is 11.8 Å². The summed E-state index contributed by atoms with van der Waals surface area (Å²) < 4.78 is 7.59. The van der Waals surface area contributed by atoms with E-state index >= 15 is 0 Å². The monoisotopic (exact) mass is 409 g/mol. The van der Waals surface area contributed by atoms with E-state index in [0.29, 0.717) is 18.8 Å². The molecule has 0 atom stereocenters. The van der Waals surface area contributed by atoms with E-state index in [2.05, 4.69) is 22.3 Å². The molecule has 0 saturated heterocycles. The molecular formula is C23H27N3O2S. The zero-order valence-electron chi connectivity index (χ0n) is 17.4. The first-order valence-corrected chi connectivity index (χ1v) is 10.7. The molecular weight excluding hydrogens is 382 g/mol. The lowest BCUT2D eigenvalue weighted by Gasteiger charge is -2.16. The Balaban J connectivity index is 1.92. The van der Waals surface area contributed by atoms with Gasteiger partial charge in [0, 0.05) is 17.5 Å². The van der Waals surface area contributed by atoms with Crippen molar-refractivity contribution in [1.82, 2.24) is 14.8 Å². The minimum atomic E-state index is -0.371. The van der Waals surface area contributed by atoms with Crippen LogP contribution in [0.4, 0.5) is 0 Å². The van der Waals surface area contributed by atoms with Gasteiger partial charge in [-0.15, -0.1) is 10.2 Å². The number of carbonyl (C=O) groups is 1. The fraction of sp³-hybridized carbons (Fsp3) is 0.348. The number of ketones is 1. The summed E-state index contributed by atoms with van der Waals surface area (Å²) in [5.41, 5.74) is 1.74. The molecule has 3 rings (SSSR count). The highest BCUT2D eigenvalue weighted by Gasteiger charge is 2.23. The second-order valence-corrected chi connectivity index (χ2v) is 8.73.